The lowest BCUT2D eigenvalue weighted by atomic mass is 10.2. The molecule has 2 rings (SSSR count). The zero-order valence-corrected chi connectivity index (χ0v) is 12.1. The van der Waals surface area contributed by atoms with E-state index in [1.165, 1.54) is 11.1 Å². The summed E-state index contributed by atoms with van der Waals surface area (Å²) in [6.07, 6.45) is 7.31. The maximum Gasteiger partial charge on any atom is 0.0312 e. The highest BCUT2D eigenvalue weighted by Gasteiger charge is 1.93. The highest BCUT2D eigenvalue weighted by Crippen LogP contribution is 1.97. The Hall–Kier alpha value is -0.870. The summed E-state index contributed by atoms with van der Waals surface area (Å²) in [5.41, 5.74) is 2.39. The molecular formula is C12H16Cl3N3. The van der Waals surface area contributed by atoms with Crippen molar-refractivity contribution in [3.05, 3.63) is 60.2 Å². The number of pyridine rings is 2. The van der Waals surface area contributed by atoms with E-state index in [0.717, 1.165) is 13.1 Å². The fourth-order valence-corrected chi connectivity index (χ4v) is 1.36. The van der Waals surface area contributed by atoms with Crippen LogP contribution in [0.4, 0.5) is 0 Å². The van der Waals surface area contributed by atoms with Crippen LogP contribution in [-0.2, 0) is 13.1 Å². The van der Waals surface area contributed by atoms with E-state index < -0.39 is 0 Å². The zero-order valence-electron chi connectivity index (χ0n) is 9.65. The van der Waals surface area contributed by atoms with Crippen LogP contribution in [0, 0.1) is 0 Å². The predicted molar refractivity (Wildman–Crippen MR) is 80.8 cm³/mol. The first-order chi connectivity index (χ1) is 7.45. The van der Waals surface area contributed by atoms with Crippen molar-refractivity contribution in [1.82, 2.24) is 15.3 Å². The van der Waals surface area contributed by atoms with Crippen molar-refractivity contribution in [3.63, 3.8) is 0 Å². The van der Waals surface area contributed by atoms with Crippen molar-refractivity contribution in [2.45, 2.75) is 13.1 Å². The second-order valence-corrected chi connectivity index (χ2v) is 3.33. The first-order valence-corrected chi connectivity index (χ1v) is 4.94. The van der Waals surface area contributed by atoms with Gasteiger partial charge in [-0.3, -0.25) is 9.97 Å². The summed E-state index contributed by atoms with van der Waals surface area (Å²) < 4.78 is 0. The van der Waals surface area contributed by atoms with E-state index in [1.807, 2.05) is 24.5 Å². The molecule has 6 heteroatoms. The molecule has 100 valence electrons. The van der Waals surface area contributed by atoms with Gasteiger partial charge in [-0.2, -0.15) is 0 Å². The lowest BCUT2D eigenvalue weighted by Crippen LogP contribution is -2.12. The Morgan fingerprint density at radius 1 is 0.778 bits per heavy atom. The van der Waals surface area contributed by atoms with Crippen LogP contribution in [0.15, 0.2) is 49.1 Å². The first-order valence-electron chi connectivity index (χ1n) is 4.94. The third kappa shape index (κ3) is 6.77. The minimum atomic E-state index is 0. The third-order valence-electron chi connectivity index (χ3n) is 2.10. The van der Waals surface area contributed by atoms with Crippen LogP contribution in [0.25, 0.3) is 0 Å². The second kappa shape index (κ2) is 11.2. The van der Waals surface area contributed by atoms with Crippen LogP contribution < -0.4 is 5.32 Å². The van der Waals surface area contributed by atoms with E-state index in [9.17, 15) is 0 Å². The molecule has 0 aromatic carbocycles. The minimum Gasteiger partial charge on any atom is -0.309 e. The van der Waals surface area contributed by atoms with Crippen molar-refractivity contribution >= 4 is 37.2 Å². The maximum atomic E-state index is 4.06. The Balaban J connectivity index is 0. The molecule has 1 N–H and O–H groups in total. The molecule has 0 atom stereocenters. The molecule has 18 heavy (non-hydrogen) atoms. The largest absolute Gasteiger partial charge is 0.309 e. The number of nitrogens with one attached hydrogen (secondary N) is 1. The van der Waals surface area contributed by atoms with Gasteiger partial charge >= 0.3 is 0 Å². The summed E-state index contributed by atoms with van der Waals surface area (Å²) in [6, 6.07) is 8.01. The summed E-state index contributed by atoms with van der Waals surface area (Å²) in [4.78, 5) is 8.12. The molecule has 0 radical (unpaired) electrons. The number of rotatable bonds is 4. The molecule has 0 aliphatic carbocycles. The number of nitrogens with zero attached hydrogens (tertiary/aromatic N) is 2. The van der Waals surface area contributed by atoms with E-state index in [0.29, 0.717) is 0 Å². The second-order valence-electron chi connectivity index (χ2n) is 3.33. The molecule has 0 fully saturated rings. The SMILES string of the molecule is Cl.Cl.Cl.c1cncc(CNCc2cccnc2)c1. The van der Waals surface area contributed by atoms with Crippen LogP contribution in [-0.4, -0.2) is 9.97 Å². The maximum absolute atomic E-state index is 4.06. The number of hydrogen-bond donors (Lipinski definition) is 1. The van der Waals surface area contributed by atoms with Gasteiger partial charge in [-0.05, 0) is 23.3 Å². The van der Waals surface area contributed by atoms with E-state index >= 15 is 0 Å². The molecule has 2 aromatic heterocycles. The summed E-state index contributed by atoms with van der Waals surface area (Å²) in [5.74, 6) is 0. The van der Waals surface area contributed by atoms with Gasteiger partial charge in [-0.25, -0.2) is 0 Å². The molecule has 2 heterocycles. The molecule has 0 aliphatic rings. The summed E-state index contributed by atoms with van der Waals surface area (Å²) >= 11 is 0. The van der Waals surface area contributed by atoms with Crippen molar-refractivity contribution in [2.24, 2.45) is 0 Å². The van der Waals surface area contributed by atoms with Crippen LogP contribution in [0.1, 0.15) is 11.1 Å². The summed E-state index contributed by atoms with van der Waals surface area (Å²) in [5, 5.41) is 3.34. The van der Waals surface area contributed by atoms with Gasteiger partial charge in [0.2, 0.25) is 0 Å². The molecule has 0 saturated carbocycles. The molecule has 3 nitrogen and oxygen atoms in total. The summed E-state index contributed by atoms with van der Waals surface area (Å²) in [7, 11) is 0. The standard InChI is InChI=1S/C12H13N3.3ClH/c1-3-11(7-13-5-1)9-15-10-12-4-2-6-14-8-12;;;/h1-8,15H,9-10H2;3*1H. The minimum absolute atomic E-state index is 0. The van der Waals surface area contributed by atoms with Gasteiger partial charge in [0.05, 0.1) is 0 Å². The quantitative estimate of drug-likeness (QED) is 0.943. The summed E-state index contributed by atoms with van der Waals surface area (Å²) in [6.45, 7) is 1.67. The van der Waals surface area contributed by atoms with Gasteiger partial charge in [-0.1, -0.05) is 12.1 Å². The number of halogens is 3. The fourth-order valence-electron chi connectivity index (χ4n) is 1.36. The molecule has 0 bridgehead atoms. The Morgan fingerprint density at radius 3 is 1.56 bits per heavy atom. The number of hydrogen-bond acceptors (Lipinski definition) is 3. The van der Waals surface area contributed by atoms with Crippen LogP contribution in [0.5, 0.6) is 0 Å². The topological polar surface area (TPSA) is 37.8 Å². The molecule has 0 saturated heterocycles. The molecule has 0 spiro atoms. The molecule has 0 aliphatic heterocycles. The van der Waals surface area contributed by atoms with Crippen LogP contribution in [0.2, 0.25) is 0 Å². The van der Waals surface area contributed by atoms with Gasteiger partial charge < -0.3 is 5.32 Å². The van der Waals surface area contributed by atoms with Crippen LogP contribution in [0.3, 0.4) is 0 Å². The fraction of sp³-hybridized carbons (Fsp3) is 0.167. The van der Waals surface area contributed by atoms with Crippen LogP contribution >= 0.6 is 37.2 Å². The molecule has 0 unspecified atom stereocenters. The van der Waals surface area contributed by atoms with Crippen molar-refractivity contribution in [1.29, 1.82) is 0 Å². The molecule has 0 amide bonds. The molecule has 2 aromatic rings. The predicted octanol–water partition coefficient (Wildman–Crippen LogP) is 3.03. The van der Waals surface area contributed by atoms with Crippen molar-refractivity contribution < 1.29 is 0 Å². The van der Waals surface area contributed by atoms with Gasteiger partial charge in [0.15, 0.2) is 0 Å². The van der Waals surface area contributed by atoms with Gasteiger partial charge in [0.1, 0.15) is 0 Å². The Morgan fingerprint density at radius 2 is 1.22 bits per heavy atom. The monoisotopic (exact) mass is 307 g/mol. The lowest BCUT2D eigenvalue weighted by Gasteiger charge is -2.03. The zero-order chi connectivity index (χ0) is 10.3. The van der Waals surface area contributed by atoms with Gasteiger partial charge in [0.25, 0.3) is 0 Å². The Bertz CT molecular complexity index is 358. The Kier molecular flexibility index (Phi) is 12.2. The van der Waals surface area contributed by atoms with E-state index in [-0.39, 0.29) is 37.2 Å². The van der Waals surface area contributed by atoms with Gasteiger partial charge in [0, 0.05) is 37.9 Å². The van der Waals surface area contributed by atoms with Crippen molar-refractivity contribution in [3.8, 4) is 0 Å². The number of aromatic nitrogens is 2. The van der Waals surface area contributed by atoms with E-state index in [2.05, 4.69) is 27.4 Å². The first kappa shape index (κ1) is 19.5. The lowest BCUT2D eigenvalue weighted by molar-refractivity contribution is 0.689. The highest BCUT2D eigenvalue weighted by molar-refractivity contribution is 5.86. The third-order valence-corrected chi connectivity index (χ3v) is 2.10. The Labute approximate surface area is 126 Å². The van der Waals surface area contributed by atoms with Crippen molar-refractivity contribution in [2.75, 3.05) is 0 Å². The van der Waals surface area contributed by atoms with E-state index in [1.54, 1.807) is 12.4 Å². The highest BCUT2D eigenvalue weighted by atomic mass is 35.5. The van der Waals surface area contributed by atoms with E-state index in [4.69, 9.17) is 0 Å². The normalized spacial score (nSPS) is 8.44. The molecular weight excluding hydrogens is 293 g/mol. The van der Waals surface area contributed by atoms with Gasteiger partial charge in [-0.15, -0.1) is 37.2 Å². The average molecular weight is 309 g/mol. The smallest absolute Gasteiger partial charge is 0.0312 e. The average Bonchev–Trinajstić information content (AvgIpc) is 2.32.